The molecule has 0 saturated carbocycles. The van der Waals surface area contributed by atoms with E-state index in [0.29, 0.717) is 21.5 Å². The Morgan fingerprint density at radius 1 is 1.10 bits per heavy atom. The Hall–Kier alpha value is -1.58. The Balaban J connectivity index is 2.20. The third kappa shape index (κ3) is 3.30. The van der Waals surface area contributed by atoms with Gasteiger partial charge in [-0.1, -0.05) is 29.3 Å². The molecule has 2 aromatic carbocycles. The summed E-state index contributed by atoms with van der Waals surface area (Å²) in [6, 6.07) is 11.0. The second-order valence-electron chi connectivity index (χ2n) is 4.61. The molecule has 0 heterocycles. The molecule has 0 amide bonds. The van der Waals surface area contributed by atoms with Crippen LogP contribution in [-0.2, 0) is 6.61 Å². The highest BCUT2D eigenvalue weighted by Crippen LogP contribution is 2.30. The van der Waals surface area contributed by atoms with Crippen LogP contribution in [0, 0.1) is 0 Å². The SMILES string of the molecule is CN(C)c1ccc(N)c(OCc2c(Cl)cccc2Cl)c1. The van der Waals surface area contributed by atoms with E-state index in [9.17, 15) is 0 Å². The van der Waals surface area contributed by atoms with E-state index < -0.39 is 0 Å². The maximum Gasteiger partial charge on any atom is 0.144 e. The summed E-state index contributed by atoms with van der Waals surface area (Å²) in [5.74, 6) is 0.618. The minimum absolute atomic E-state index is 0.277. The van der Waals surface area contributed by atoms with E-state index in [1.54, 1.807) is 18.2 Å². The Labute approximate surface area is 128 Å². The normalized spacial score (nSPS) is 10.4. The molecule has 0 aliphatic rings. The summed E-state index contributed by atoms with van der Waals surface area (Å²) in [5.41, 5.74) is 8.27. The van der Waals surface area contributed by atoms with Crippen LogP contribution < -0.4 is 15.4 Å². The van der Waals surface area contributed by atoms with Gasteiger partial charge in [-0.05, 0) is 24.3 Å². The number of anilines is 2. The summed E-state index contributed by atoms with van der Waals surface area (Å²) >= 11 is 12.2. The smallest absolute Gasteiger partial charge is 0.144 e. The predicted molar refractivity (Wildman–Crippen MR) is 86.0 cm³/mol. The van der Waals surface area contributed by atoms with E-state index in [0.717, 1.165) is 11.3 Å². The van der Waals surface area contributed by atoms with Gasteiger partial charge < -0.3 is 15.4 Å². The first kappa shape index (κ1) is 14.8. The topological polar surface area (TPSA) is 38.5 Å². The lowest BCUT2D eigenvalue weighted by Gasteiger charge is -2.16. The maximum atomic E-state index is 6.11. The van der Waals surface area contributed by atoms with Crippen LogP contribution >= 0.6 is 23.2 Å². The average Bonchev–Trinajstić information content (AvgIpc) is 2.39. The number of benzene rings is 2. The largest absolute Gasteiger partial charge is 0.487 e. The molecule has 0 spiro atoms. The Kier molecular flexibility index (Phi) is 4.63. The second-order valence-corrected chi connectivity index (χ2v) is 5.42. The summed E-state index contributed by atoms with van der Waals surface area (Å²) in [5, 5.41) is 1.17. The second kappa shape index (κ2) is 6.25. The van der Waals surface area contributed by atoms with Gasteiger partial charge in [-0.15, -0.1) is 0 Å². The molecule has 0 atom stereocenters. The summed E-state index contributed by atoms with van der Waals surface area (Å²) in [7, 11) is 3.92. The lowest BCUT2D eigenvalue weighted by molar-refractivity contribution is 0.308. The van der Waals surface area contributed by atoms with Gasteiger partial charge in [0.25, 0.3) is 0 Å². The highest BCUT2D eigenvalue weighted by Gasteiger charge is 2.09. The first-order valence-corrected chi connectivity index (χ1v) is 6.87. The van der Waals surface area contributed by atoms with Crippen LogP contribution in [0.3, 0.4) is 0 Å². The Bertz CT molecular complexity index is 595. The lowest BCUT2D eigenvalue weighted by Crippen LogP contribution is -2.09. The molecule has 5 heteroatoms. The first-order chi connectivity index (χ1) is 9.49. The zero-order valence-corrected chi connectivity index (χ0v) is 12.9. The minimum Gasteiger partial charge on any atom is -0.487 e. The van der Waals surface area contributed by atoms with Crippen molar-refractivity contribution in [2.24, 2.45) is 0 Å². The van der Waals surface area contributed by atoms with Crippen LogP contribution in [-0.4, -0.2) is 14.1 Å². The molecule has 0 bridgehead atoms. The average molecular weight is 311 g/mol. The van der Waals surface area contributed by atoms with Gasteiger partial charge in [-0.3, -0.25) is 0 Å². The molecule has 3 nitrogen and oxygen atoms in total. The number of rotatable bonds is 4. The van der Waals surface area contributed by atoms with Crippen LogP contribution in [0.5, 0.6) is 5.75 Å². The number of ether oxygens (including phenoxy) is 1. The van der Waals surface area contributed by atoms with Gasteiger partial charge in [0.2, 0.25) is 0 Å². The van der Waals surface area contributed by atoms with Gasteiger partial charge in [0.1, 0.15) is 12.4 Å². The number of hydrogen-bond acceptors (Lipinski definition) is 3. The van der Waals surface area contributed by atoms with Gasteiger partial charge in [0, 0.05) is 41.5 Å². The molecule has 0 aliphatic carbocycles. The maximum absolute atomic E-state index is 6.11. The third-order valence-electron chi connectivity index (χ3n) is 2.95. The Morgan fingerprint density at radius 2 is 1.75 bits per heavy atom. The molecular weight excluding hydrogens is 295 g/mol. The van der Waals surface area contributed by atoms with Gasteiger partial charge in [-0.2, -0.15) is 0 Å². The van der Waals surface area contributed by atoms with Crippen molar-refractivity contribution in [1.82, 2.24) is 0 Å². The van der Waals surface area contributed by atoms with Crippen molar-refractivity contribution in [2.45, 2.75) is 6.61 Å². The van der Waals surface area contributed by atoms with Crippen LogP contribution in [0.4, 0.5) is 11.4 Å². The highest BCUT2D eigenvalue weighted by atomic mass is 35.5. The van der Waals surface area contributed by atoms with Gasteiger partial charge in [-0.25, -0.2) is 0 Å². The van der Waals surface area contributed by atoms with Gasteiger partial charge in [0.15, 0.2) is 0 Å². The first-order valence-electron chi connectivity index (χ1n) is 6.11. The fraction of sp³-hybridized carbons (Fsp3) is 0.200. The zero-order valence-electron chi connectivity index (χ0n) is 11.4. The third-order valence-corrected chi connectivity index (χ3v) is 3.66. The van der Waals surface area contributed by atoms with E-state index >= 15 is 0 Å². The summed E-state index contributed by atoms with van der Waals surface area (Å²) in [6.45, 7) is 0.277. The molecule has 106 valence electrons. The monoisotopic (exact) mass is 310 g/mol. The van der Waals surface area contributed by atoms with E-state index in [2.05, 4.69) is 0 Å². The van der Waals surface area contributed by atoms with Gasteiger partial charge >= 0.3 is 0 Å². The fourth-order valence-corrected chi connectivity index (χ4v) is 2.25. The van der Waals surface area contributed by atoms with E-state index in [1.165, 1.54) is 0 Å². The highest BCUT2D eigenvalue weighted by molar-refractivity contribution is 6.35. The van der Waals surface area contributed by atoms with E-state index in [-0.39, 0.29) is 6.61 Å². The minimum atomic E-state index is 0.277. The summed E-state index contributed by atoms with van der Waals surface area (Å²) in [6.07, 6.45) is 0. The molecule has 0 radical (unpaired) electrons. The van der Waals surface area contributed by atoms with Gasteiger partial charge in [0.05, 0.1) is 5.69 Å². The van der Waals surface area contributed by atoms with Crippen LogP contribution in [0.15, 0.2) is 36.4 Å². The van der Waals surface area contributed by atoms with Crippen molar-refractivity contribution < 1.29 is 4.74 Å². The standard InChI is InChI=1S/C15H16Cl2N2O/c1-19(2)10-6-7-14(18)15(8-10)20-9-11-12(16)4-3-5-13(11)17/h3-8H,9,18H2,1-2H3. The molecule has 0 saturated heterocycles. The van der Waals surface area contributed by atoms with Crippen molar-refractivity contribution in [2.75, 3.05) is 24.7 Å². The number of nitrogens with zero attached hydrogens (tertiary/aromatic N) is 1. The molecule has 2 aromatic rings. The number of nitrogen functional groups attached to an aromatic ring is 1. The van der Waals surface area contributed by atoms with Crippen molar-refractivity contribution >= 4 is 34.6 Å². The molecule has 0 aromatic heterocycles. The molecule has 2 N–H and O–H groups in total. The molecule has 0 unspecified atom stereocenters. The fourth-order valence-electron chi connectivity index (χ4n) is 1.75. The summed E-state index contributed by atoms with van der Waals surface area (Å²) < 4.78 is 5.75. The number of halogens is 2. The number of hydrogen-bond donors (Lipinski definition) is 1. The predicted octanol–water partition coefficient (Wildman–Crippen LogP) is 4.22. The molecule has 0 aliphatic heterocycles. The van der Waals surface area contributed by atoms with Crippen LogP contribution in [0.1, 0.15) is 5.56 Å². The zero-order chi connectivity index (χ0) is 14.7. The quantitative estimate of drug-likeness (QED) is 0.859. The van der Waals surface area contributed by atoms with E-state index in [4.69, 9.17) is 33.7 Å². The van der Waals surface area contributed by atoms with Crippen molar-refractivity contribution in [3.8, 4) is 5.75 Å². The van der Waals surface area contributed by atoms with Crippen molar-refractivity contribution in [3.05, 3.63) is 52.0 Å². The lowest BCUT2D eigenvalue weighted by atomic mass is 10.2. The van der Waals surface area contributed by atoms with E-state index in [1.807, 2.05) is 37.2 Å². The van der Waals surface area contributed by atoms with Crippen molar-refractivity contribution in [3.63, 3.8) is 0 Å². The molecule has 2 rings (SSSR count). The van der Waals surface area contributed by atoms with Crippen LogP contribution in [0.2, 0.25) is 10.0 Å². The molecular formula is C15H16Cl2N2O. The summed E-state index contributed by atoms with van der Waals surface area (Å²) in [4.78, 5) is 1.98. The van der Waals surface area contributed by atoms with Crippen molar-refractivity contribution in [1.29, 1.82) is 0 Å². The number of nitrogens with two attached hydrogens (primary N) is 1. The Morgan fingerprint density at radius 3 is 2.35 bits per heavy atom. The molecule has 0 fully saturated rings. The van der Waals surface area contributed by atoms with Crippen LogP contribution in [0.25, 0.3) is 0 Å². The molecule has 20 heavy (non-hydrogen) atoms.